The van der Waals surface area contributed by atoms with Crippen molar-refractivity contribution in [3.63, 3.8) is 0 Å². The molecule has 3 aliphatic rings. The van der Waals surface area contributed by atoms with Crippen molar-refractivity contribution in [2.24, 2.45) is 5.41 Å². The van der Waals surface area contributed by atoms with Crippen molar-refractivity contribution < 1.29 is 19.1 Å². The Morgan fingerprint density at radius 1 is 1.07 bits per heavy atom. The fourth-order valence-corrected chi connectivity index (χ4v) is 4.44. The van der Waals surface area contributed by atoms with Gasteiger partial charge in [-0.05, 0) is 67.3 Å². The highest BCUT2D eigenvalue weighted by Gasteiger charge is 2.50. The predicted molar refractivity (Wildman–Crippen MR) is 105 cm³/mol. The van der Waals surface area contributed by atoms with Crippen LogP contribution in [0.4, 0.5) is 0 Å². The van der Waals surface area contributed by atoms with Gasteiger partial charge in [0.15, 0.2) is 0 Å². The second-order valence-corrected chi connectivity index (χ2v) is 7.94. The highest BCUT2D eigenvalue weighted by molar-refractivity contribution is 6.25. The summed E-state index contributed by atoms with van der Waals surface area (Å²) in [5.74, 6) is 1.50. The van der Waals surface area contributed by atoms with Crippen LogP contribution in [-0.2, 0) is 15.1 Å². The molecule has 0 unspecified atom stereocenters. The largest absolute Gasteiger partial charge is 0.457 e. The Morgan fingerprint density at radius 3 is 2.50 bits per heavy atom. The SMILES string of the molecule is [N-]=[N+]=CC(=O)CCC12CCC(c3cccc(Oc4ccccc4)c3)(CC1)OC2. The lowest BCUT2D eigenvalue weighted by atomic mass is 9.62. The summed E-state index contributed by atoms with van der Waals surface area (Å²) in [5.41, 5.74) is 9.47. The van der Waals surface area contributed by atoms with Gasteiger partial charge in [-0.3, -0.25) is 4.79 Å². The average molecular weight is 376 g/mol. The van der Waals surface area contributed by atoms with Crippen LogP contribution in [0.3, 0.4) is 0 Å². The monoisotopic (exact) mass is 376 g/mol. The first-order chi connectivity index (χ1) is 13.6. The first-order valence-corrected chi connectivity index (χ1v) is 9.81. The quantitative estimate of drug-likeness (QED) is 0.391. The molecule has 0 amide bonds. The van der Waals surface area contributed by atoms with Crippen molar-refractivity contribution in [1.82, 2.24) is 0 Å². The van der Waals surface area contributed by atoms with Gasteiger partial charge < -0.3 is 15.0 Å². The molecule has 5 heteroatoms. The number of fused-ring (bicyclic) bond motifs is 3. The fourth-order valence-electron chi connectivity index (χ4n) is 4.44. The van der Waals surface area contributed by atoms with E-state index in [1.165, 1.54) is 0 Å². The first-order valence-electron chi connectivity index (χ1n) is 9.81. The number of hydrogen-bond donors (Lipinski definition) is 0. The molecule has 2 aromatic carbocycles. The second kappa shape index (κ2) is 7.70. The zero-order valence-corrected chi connectivity index (χ0v) is 15.8. The third kappa shape index (κ3) is 3.77. The van der Waals surface area contributed by atoms with Crippen LogP contribution in [0.25, 0.3) is 5.53 Å². The normalized spacial score (nSPS) is 25.7. The molecule has 5 nitrogen and oxygen atoms in total. The number of benzene rings is 2. The molecule has 144 valence electrons. The van der Waals surface area contributed by atoms with Crippen LogP contribution in [0.2, 0.25) is 0 Å². The van der Waals surface area contributed by atoms with Gasteiger partial charge in [0.1, 0.15) is 11.5 Å². The third-order valence-corrected chi connectivity index (χ3v) is 6.22. The van der Waals surface area contributed by atoms with E-state index < -0.39 is 0 Å². The number of ketones is 1. The van der Waals surface area contributed by atoms with E-state index in [4.69, 9.17) is 15.0 Å². The van der Waals surface area contributed by atoms with E-state index in [9.17, 15) is 4.79 Å². The summed E-state index contributed by atoms with van der Waals surface area (Å²) in [6.07, 6.45) is 6.16. The molecule has 28 heavy (non-hydrogen) atoms. The Kier molecular flexibility index (Phi) is 5.12. The molecule has 5 rings (SSSR count). The minimum atomic E-state index is -0.256. The number of Topliss-reactive ketones (excluding diaryl/α,β-unsaturated/α-hetero) is 1. The molecular formula is C23H24N2O3. The topological polar surface area (TPSA) is 71.9 Å². The van der Waals surface area contributed by atoms with E-state index in [0.717, 1.165) is 55.4 Å². The van der Waals surface area contributed by atoms with Gasteiger partial charge >= 0.3 is 6.21 Å². The smallest absolute Gasteiger partial charge is 0.323 e. The van der Waals surface area contributed by atoms with Crippen LogP contribution < -0.4 is 4.74 Å². The summed E-state index contributed by atoms with van der Waals surface area (Å²) >= 11 is 0. The Bertz CT molecular complexity index is 879. The van der Waals surface area contributed by atoms with E-state index in [-0.39, 0.29) is 16.8 Å². The molecule has 3 fully saturated rings. The lowest BCUT2D eigenvalue weighted by molar-refractivity contribution is -0.191. The third-order valence-electron chi connectivity index (χ3n) is 6.22. The van der Waals surface area contributed by atoms with E-state index in [1.807, 2.05) is 42.5 Å². The van der Waals surface area contributed by atoms with Crippen molar-refractivity contribution in [2.45, 2.75) is 44.1 Å². The zero-order valence-electron chi connectivity index (χ0n) is 15.8. The molecule has 2 aliphatic heterocycles. The van der Waals surface area contributed by atoms with Crippen molar-refractivity contribution in [3.8, 4) is 11.5 Å². The lowest BCUT2D eigenvalue weighted by Crippen LogP contribution is -2.49. The predicted octanol–water partition coefficient (Wildman–Crippen LogP) is 4.91. The van der Waals surface area contributed by atoms with Gasteiger partial charge in [-0.2, -0.15) is 4.79 Å². The van der Waals surface area contributed by atoms with Crippen LogP contribution in [0.15, 0.2) is 54.6 Å². The highest BCUT2D eigenvalue weighted by atomic mass is 16.5. The van der Waals surface area contributed by atoms with Crippen LogP contribution in [0, 0.1) is 5.41 Å². The van der Waals surface area contributed by atoms with Crippen molar-refractivity contribution in [2.75, 3.05) is 6.61 Å². The molecule has 2 saturated heterocycles. The van der Waals surface area contributed by atoms with Crippen molar-refractivity contribution in [1.29, 1.82) is 0 Å². The standard InChI is InChI=1S/C23H24N2O3/c24-25-16-19(26)9-10-22-11-13-23(14-12-22,27-17-22)18-5-4-8-21(15-18)28-20-6-2-1-3-7-20/h1-8,15-16H,9-14,17H2. The molecule has 0 atom stereocenters. The Morgan fingerprint density at radius 2 is 1.82 bits per heavy atom. The second-order valence-electron chi connectivity index (χ2n) is 7.94. The summed E-state index contributed by atoms with van der Waals surface area (Å²) in [7, 11) is 0. The van der Waals surface area contributed by atoms with Gasteiger partial charge in [-0.1, -0.05) is 30.3 Å². The Labute approximate surface area is 164 Å². The maximum absolute atomic E-state index is 11.7. The highest BCUT2D eigenvalue weighted by Crippen LogP contribution is 2.55. The van der Waals surface area contributed by atoms with Gasteiger partial charge in [-0.25, -0.2) is 0 Å². The van der Waals surface area contributed by atoms with Crippen LogP contribution in [0.5, 0.6) is 11.5 Å². The van der Waals surface area contributed by atoms with Crippen molar-refractivity contribution in [3.05, 3.63) is 65.7 Å². The maximum Gasteiger partial charge on any atom is 0.323 e. The Hall–Kier alpha value is -2.75. The molecule has 1 saturated carbocycles. The molecule has 1 aliphatic carbocycles. The molecular weight excluding hydrogens is 352 g/mol. The number of carbonyl (C=O) groups is 1. The van der Waals surface area contributed by atoms with Gasteiger partial charge in [0.2, 0.25) is 5.78 Å². The molecule has 2 bridgehead atoms. The van der Waals surface area contributed by atoms with E-state index in [2.05, 4.69) is 16.9 Å². The first kappa shape index (κ1) is 18.6. The zero-order chi connectivity index (χ0) is 19.5. The number of hydrogen-bond acceptors (Lipinski definition) is 3. The molecule has 0 aromatic heterocycles. The molecule has 2 aromatic rings. The molecule has 0 radical (unpaired) electrons. The number of ether oxygens (including phenoxy) is 2. The number of rotatable bonds is 7. The maximum atomic E-state index is 11.7. The van der Waals surface area contributed by atoms with Crippen molar-refractivity contribution >= 4 is 12.0 Å². The van der Waals surface area contributed by atoms with Crippen LogP contribution in [-0.4, -0.2) is 23.4 Å². The van der Waals surface area contributed by atoms with Gasteiger partial charge in [0.25, 0.3) is 0 Å². The summed E-state index contributed by atoms with van der Waals surface area (Å²) < 4.78 is 12.4. The summed E-state index contributed by atoms with van der Waals surface area (Å²) in [4.78, 5) is 14.5. The number of para-hydroxylation sites is 1. The van der Waals surface area contributed by atoms with Crippen LogP contribution >= 0.6 is 0 Å². The van der Waals surface area contributed by atoms with Gasteiger partial charge in [-0.15, -0.1) is 0 Å². The van der Waals surface area contributed by atoms with Crippen LogP contribution in [0.1, 0.15) is 44.1 Å². The minimum Gasteiger partial charge on any atom is -0.457 e. The van der Waals surface area contributed by atoms with E-state index in [1.54, 1.807) is 0 Å². The number of nitrogens with zero attached hydrogens (tertiary/aromatic N) is 2. The van der Waals surface area contributed by atoms with Gasteiger partial charge in [0, 0.05) is 6.42 Å². The molecule has 0 spiro atoms. The minimum absolute atomic E-state index is 0.0683. The lowest BCUT2D eigenvalue weighted by Gasteiger charge is -2.53. The molecule has 0 N–H and O–H groups in total. The number of carbonyl (C=O) groups excluding carboxylic acids is 1. The molecule has 2 heterocycles. The summed E-state index contributed by atoms with van der Waals surface area (Å²) in [6.45, 7) is 0.667. The fraction of sp³-hybridized carbons (Fsp3) is 0.391. The van der Waals surface area contributed by atoms with E-state index in [0.29, 0.717) is 13.0 Å². The Balaban J connectivity index is 1.45. The van der Waals surface area contributed by atoms with E-state index >= 15 is 0 Å². The average Bonchev–Trinajstić information content (AvgIpc) is 2.75. The summed E-state index contributed by atoms with van der Waals surface area (Å²) in [6, 6.07) is 18.0. The van der Waals surface area contributed by atoms with Gasteiger partial charge in [0.05, 0.1) is 12.2 Å². The summed E-state index contributed by atoms with van der Waals surface area (Å²) in [5, 5.41) is 0.